The first-order chi connectivity index (χ1) is 23.0. The summed E-state index contributed by atoms with van der Waals surface area (Å²) >= 11 is 1.54. The highest BCUT2D eigenvalue weighted by molar-refractivity contribution is 7.98. The molecule has 1 unspecified atom stereocenters. The Morgan fingerprint density at radius 3 is 1.96 bits per heavy atom. The van der Waals surface area contributed by atoms with Gasteiger partial charge in [-0.2, -0.15) is 51.3 Å². The molecule has 1 aliphatic carbocycles. The minimum Gasteiger partial charge on any atom is -0.489 e. The number of ether oxygens (including phenoxy) is 1. The maximum Gasteiger partial charge on any atom is 0.416 e. The molecule has 2 aromatic carbocycles. The van der Waals surface area contributed by atoms with Gasteiger partial charge in [0.1, 0.15) is 0 Å². The lowest BCUT2D eigenvalue weighted by Crippen LogP contribution is -2.33. The van der Waals surface area contributed by atoms with Crippen molar-refractivity contribution in [3.05, 3.63) is 76.6 Å². The zero-order valence-corrected chi connectivity index (χ0v) is 28.2. The van der Waals surface area contributed by atoms with Gasteiger partial charge in [-0.1, -0.05) is 19.3 Å². The predicted molar refractivity (Wildman–Crippen MR) is 173 cm³/mol. The number of benzene rings is 2. The summed E-state index contributed by atoms with van der Waals surface area (Å²) in [5, 5.41) is 0. The number of halogens is 9. The van der Waals surface area contributed by atoms with Gasteiger partial charge in [0.25, 0.3) is 0 Å². The Balaban J connectivity index is 1.84. The highest BCUT2D eigenvalue weighted by Gasteiger charge is 2.38. The van der Waals surface area contributed by atoms with Gasteiger partial charge in [0.05, 0.1) is 41.7 Å². The summed E-state index contributed by atoms with van der Waals surface area (Å²) in [6.07, 6.45) is -5.21. The summed E-state index contributed by atoms with van der Waals surface area (Å²) in [7, 11) is 0. The Morgan fingerprint density at radius 2 is 1.43 bits per heavy atom. The van der Waals surface area contributed by atoms with E-state index in [2.05, 4.69) is 9.97 Å². The van der Waals surface area contributed by atoms with Crippen molar-refractivity contribution in [1.29, 1.82) is 0 Å². The molecule has 49 heavy (non-hydrogen) atoms. The van der Waals surface area contributed by atoms with Crippen LogP contribution < -0.4 is 14.5 Å². The summed E-state index contributed by atoms with van der Waals surface area (Å²) in [5.41, 5.74) is -3.67. The van der Waals surface area contributed by atoms with E-state index >= 15 is 0 Å². The average molecular weight is 723 g/mol. The molecule has 5 nitrogen and oxygen atoms in total. The average Bonchev–Trinajstić information content (AvgIpc) is 3.05. The lowest BCUT2D eigenvalue weighted by Gasteiger charge is -2.35. The SMILES string of the molecule is CCN(CC1CCCCC1)c1ccc(C(F)(F)F)cc1CN(c1ncc(OCCSC)cn1)C(C)c1cc(C(F)(F)F)cc(C(F)(F)F)c1. The second-order valence-corrected chi connectivity index (χ2v) is 13.1. The highest BCUT2D eigenvalue weighted by Crippen LogP contribution is 2.40. The van der Waals surface area contributed by atoms with Crippen LogP contribution in [-0.4, -0.2) is 41.7 Å². The van der Waals surface area contributed by atoms with Crippen molar-refractivity contribution >= 4 is 23.4 Å². The Hall–Kier alpha value is -3.36. The van der Waals surface area contributed by atoms with Gasteiger partial charge in [-0.15, -0.1) is 0 Å². The fraction of sp³-hybridized carbons (Fsp3) is 0.529. The van der Waals surface area contributed by atoms with E-state index in [4.69, 9.17) is 4.74 Å². The van der Waals surface area contributed by atoms with E-state index in [0.29, 0.717) is 49.2 Å². The van der Waals surface area contributed by atoms with Gasteiger partial charge in [-0.3, -0.25) is 0 Å². The Labute approximate surface area is 284 Å². The van der Waals surface area contributed by atoms with E-state index in [1.54, 1.807) is 0 Å². The van der Waals surface area contributed by atoms with Crippen LogP contribution in [0.15, 0.2) is 48.8 Å². The van der Waals surface area contributed by atoms with Crippen LogP contribution in [-0.2, 0) is 25.1 Å². The predicted octanol–water partition coefficient (Wildman–Crippen LogP) is 10.4. The van der Waals surface area contributed by atoms with E-state index in [9.17, 15) is 39.5 Å². The molecule has 3 aromatic rings. The molecular formula is C34H39F9N4OS. The Morgan fingerprint density at radius 1 is 0.837 bits per heavy atom. The van der Waals surface area contributed by atoms with Crippen LogP contribution in [0.4, 0.5) is 51.1 Å². The molecule has 1 aliphatic rings. The van der Waals surface area contributed by atoms with Crippen LogP contribution in [0, 0.1) is 5.92 Å². The van der Waals surface area contributed by atoms with Gasteiger partial charge in [-0.25, -0.2) is 9.97 Å². The van der Waals surface area contributed by atoms with Crippen molar-refractivity contribution in [3.8, 4) is 5.75 Å². The van der Waals surface area contributed by atoms with Crippen molar-refractivity contribution < 1.29 is 44.3 Å². The topological polar surface area (TPSA) is 41.5 Å². The number of alkyl halides is 9. The third kappa shape index (κ3) is 10.3. The van der Waals surface area contributed by atoms with Gasteiger partial charge in [0.15, 0.2) is 5.75 Å². The van der Waals surface area contributed by atoms with Gasteiger partial charge in [0.2, 0.25) is 5.95 Å². The lowest BCUT2D eigenvalue weighted by atomic mass is 9.88. The second-order valence-electron chi connectivity index (χ2n) is 12.1. The van der Waals surface area contributed by atoms with E-state index in [-0.39, 0.29) is 35.4 Å². The molecule has 4 rings (SSSR count). The zero-order chi connectivity index (χ0) is 36.0. The van der Waals surface area contributed by atoms with E-state index in [1.165, 1.54) is 42.0 Å². The lowest BCUT2D eigenvalue weighted by molar-refractivity contribution is -0.143. The fourth-order valence-corrected chi connectivity index (χ4v) is 6.27. The number of rotatable bonds is 13. The number of hydrogen-bond acceptors (Lipinski definition) is 6. The number of thioether (sulfide) groups is 1. The first kappa shape index (κ1) is 38.4. The maximum absolute atomic E-state index is 14.0. The Bertz CT molecular complexity index is 1480. The first-order valence-corrected chi connectivity index (χ1v) is 17.4. The van der Waals surface area contributed by atoms with Crippen LogP contribution in [0.2, 0.25) is 0 Å². The van der Waals surface area contributed by atoms with Crippen LogP contribution in [0.3, 0.4) is 0 Å². The number of anilines is 2. The molecule has 0 amide bonds. The van der Waals surface area contributed by atoms with Crippen molar-refractivity contribution in [1.82, 2.24) is 9.97 Å². The molecule has 0 aliphatic heterocycles. The monoisotopic (exact) mass is 722 g/mol. The van der Waals surface area contributed by atoms with Gasteiger partial charge >= 0.3 is 18.5 Å². The number of nitrogens with zero attached hydrogens (tertiary/aromatic N) is 4. The molecule has 0 radical (unpaired) electrons. The summed E-state index contributed by atoms with van der Waals surface area (Å²) < 4.78 is 131. The standard InChI is InChI=1S/C34H39F9N4OS/c1-4-46(20-23-8-6-5-7-9-23)30-11-10-26(32(35,36)37)16-25(30)21-47(31-44-18-29(19-45-31)48-12-13-49-3)22(2)24-14-27(33(38,39)40)17-28(15-24)34(41,42)43/h10-11,14-19,22-23H,4-9,12-13,20-21H2,1-3H3. The van der Waals surface area contributed by atoms with E-state index in [1.807, 2.05) is 18.1 Å². The quantitative estimate of drug-likeness (QED) is 0.129. The zero-order valence-electron chi connectivity index (χ0n) is 27.4. The first-order valence-electron chi connectivity index (χ1n) is 16.0. The van der Waals surface area contributed by atoms with Crippen molar-refractivity contribution in [2.24, 2.45) is 5.92 Å². The largest absolute Gasteiger partial charge is 0.489 e. The molecule has 0 bridgehead atoms. The molecule has 270 valence electrons. The molecular weight excluding hydrogens is 683 g/mol. The molecule has 1 heterocycles. The fourth-order valence-electron chi connectivity index (χ4n) is 6.02. The van der Waals surface area contributed by atoms with Gasteiger partial charge < -0.3 is 14.5 Å². The van der Waals surface area contributed by atoms with Crippen molar-refractivity contribution in [2.45, 2.75) is 77.1 Å². The smallest absolute Gasteiger partial charge is 0.416 e. The molecule has 0 saturated heterocycles. The summed E-state index contributed by atoms with van der Waals surface area (Å²) in [6.45, 7) is 4.28. The van der Waals surface area contributed by atoms with Crippen molar-refractivity contribution in [2.75, 3.05) is 41.5 Å². The minimum atomic E-state index is -5.10. The van der Waals surface area contributed by atoms with E-state index < -0.39 is 41.3 Å². The van der Waals surface area contributed by atoms with Crippen LogP contribution in [0.1, 0.15) is 79.8 Å². The van der Waals surface area contributed by atoms with Crippen LogP contribution in [0.25, 0.3) is 0 Å². The summed E-state index contributed by atoms with van der Waals surface area (Å²) in [4.78, 5) is 11.9. The molecule has 0 N–H and O–H groups in total. The molecule has 1 aromatic heterocycles. The Kier molecular flexibility index (Phi) is 12.6. The second kappa shape index (κ2) is 16.1. The maximum atomic E-state index is 14.0. The number of aromatic nitrogens is 2. The van der Waals surface area contributed by atoms with Gasteiger partial charge in [0, 0.05) is 31.1 Å². The van der Waals surface area contributed by atoms with Crippen LogP contribution >= 0.6 is 11.8 Å². The minimum absolute atomic E-state index is 0.0348. The molecule has 1 saturated carbocycles. The van der Waals surface area contributed by atoms with E-state index in [0.717, 1.165) is 44.2 Å². The van der Waals surface area contributed by atoms with Crippen molar-refractivity contribution in [3.63, 3.8) is 0 Å². The summed E-state index contributed by atoms with van der Waals surface area (Å²) in [6, 6.07) is 3.35. The van der Waals surface area contributed by atoms with Gasteiger partial charge in [-0.05, 0) is 86.4 Å². The third-order valence-corrected chi connectivity index (χ3v) is 9.24. The molecule has 15 heteroatoms. The molecule has 0 spiro atoms. The normalized spacial score (nSPS) is 15.3. The number of hydrogen-bond donors (Lipinski definition) is 0. The molecule has 1 atom stereocenters. The van der Waals surface area contributed by atoms with Crippen LogP contribution in [0.5, 0.6) is 5.75 Å². The summed E-state index contributed by atoms with van der Waals surface area (Å²) in [5.74, 6) is 1.14. The highest BCUT2D eigenvalue weighted by atomic mass is 32.2. The third-order valence-electron chi connectivity index (χ3n) is 8.66. The molecule has 1 fully saturated rings.